The van der Waals surface area contributed by atoms with Crippen molar-refractivity contribution in [1.29, 1.82) is 0 Å². The zero-order chi connectivity index (χ0) is 44.3. The highest BCUT2D eigenvalue weighted by atomic mass is 16.6. The van der Waals surface area contributed by atoms with Crippen LogP contribution in [0.2, 0.25) is 0 Å². The largest absolute Gasteiger partial charge is 0.481 e. The lowest BCUT2D eigenvalue weighted by Crippen LogP contribution is -2.29. The number of carbonyl (C=O) groups is 7. The Morgan fingerprint density at radius 1 is 0.589 bits per heavy atom. The van der Waals surface area contributed by atoms with Crippen LogP contribution in [0.1, 0.15) is 129 Å². The van der Waals surface area contributed by atoms with Crippen molar-refractivity contribution in [3.63, 3.8) is 0 Å². The Kier molecular flexibility index (Phi) is 27.6. The van der Waals surface area contributed by atoms with E-state index in [2.05, 4.69) is 11.9 Å². The fourth-order valence-corrected chi connectivity index (χ4v) is 2.78. The van der Waals surface area contributed by atoms with E-state index in [0.717, 1.165) is 12.1 Å². The molecule has 14 heteroatoms. The summed E-state index contributed by atoms with van der Waals surface area (Å²) in [5.41, 5.74) is -0.680. The SMILES string of the molecule is C=C(C)C(=O)OCCOC(=O)C(C)(C)CC.CCC(C)(C)C(=O)Nc1ccccc1.CCC(C)(C)C(=O)O.CCC(C)(C)C(=O)OCCOC(=O)CCC(=O)O. The summed E-state index contributed by atoms with van der Waals surface area (Å²) in [6, 6.07) is 9.54. The first-order valence-electron chi connectivity index (χ1n) is 18.8. The number of benzene rings is 1. The van der Waals surface area contributed by atoms with Gasteiger partial charge in [-0.3, -0.25) is 28.8 Å². The van der Waals surface area contributed by atoms with Gasteiger partial charge in [-0.1, -0.05) is 66.3 Å². The number of aliphatic carboxylic acids is 2. The van der Waals surface area contributed by atoms with Crippen LogP contribution in [0.25, 0.3) is 0 Å². The molecular weight excluding hydrogens is 726 g/mol. The highest BCUT2D eigenvalue weighted by Gasteiger charge is 2.28. The predicted octanol–water partition coefficient (Wildman–Crippen LogP) is 8.03. The molecule has 0 heterocycles. The van der Waals surface area contributed by atoms with E-state index >= 15 is 0 Å². The number of rotatable bonds is 19. The lowest BCUT2D eigenvalue weighted by molar-refractivity contribution is -0.159. The second-order valence-electron chi connectivity index (χ2n) is 15.4. The quantitative estimate of drug-likeness (QED) is 0.0525. The van der Waals surface area contributed by atoms with Gasteiger partial charge in [-0.05, 0) is 86.3 Å². The topological polar surface area (TPSA) is 209 Å². The standard InChI is InChI=1S/C12H17NO.C12H20O6.C12H20O4.C6H12O2/c1-4-12(2,3)11(14)13-10-8-6-5-7-9-10;1-4-12(2,3)11(16)18-8-7-17-10(15)6-5-9(13)14;1-6-12(4,5)11(14)16-8-7-15-10(13)9(2)3;1-4-6(2,3)5(7)8/h5-9H,4H2,1-3H3,(H,13,14);4-8H2,1-3H3,(H,13,14);2,6-8H2,1,3-5H3;4H2,1-3H3,(H,7,8). The van der Waals surface area contributed by atoms with Gasteiger partial charge in [-0.2, -0.15) is 0 Å². The molecule has 0 bridgehead atoms. The molecule has 3 N–H and O–H groups in total. The second-order valence-corrected chi connectivity index (χ2v) is 15.4. The number of hydrogen-bond donors (Lipinski definition) is 3. The summed E-state index contributed by atoms with van der Waals surface area (Å²) in [6.07, 6.45) is 2.45. The van der Waals surface area contributed by atoms with Gasteiger partial charge >= 0.3 is 35.8 Å². The summed E-state index contributed by atoms with van der Waals surface area (Å²) in [7, 11) is 0. The van der Waals surface area contributed by atoms with Gasteiger partial charge in [0.15, 0.2) is 0 Å². The van der Waals surface area contributed by atoms with Gasteiger partial charge in [0.1, 0.15) is 26.4 Å². The first-order valence-corrected chi connectivity index (χ1v) is 18.8. The summed E-state index contributed by atoms with van der Waals surface area (Å²) in [6.45, 7) is 27.3. The fourth-order valence-electron chi connectivity index (χ4n) is 2.78. The average molecular weight is 796 g/mol. The minimum absolute atomic E-state index is 0.0128. The molecule has 0 atom stereocenters. The third-order valence-corrected chi connectivity index (χ3v) is 8.89. The van der Waals surface area contributed by atoms with Gasteiger partial charge in [0.25, 0.3) is 0 Å². The molecule has 1 aromatic rings. The number of esters is 4. The van der Waals surface area contributed by atoms with E-state index in [1.807, 2.05) is 85.7 Å². The summed E-state index contributed by atoms with van der Waals surface area (Å²) in [5, 5.41) is 19.7. The minimum atomic E-state index is -1.05. The third kappa shape index (κ3) is 26.1. The first kappa shape index (κ1) is 55.6. The Morgan fingerprint density at radius 2 is 0.982 bits per heavy atom. The third-order valence-electron chi connectivity index (χ3n) is 8.89. The number of amides is 1. The zero-order valence-electron chi connectivity index (χ0n) is 36.1. The summed E-state index contributed by atoms with van der Waals surface area (Å²) < 4.78 is 19.4. The summed E-state index contributed by atoms with van der Waals surface area (Å²) >= 11 is 0. The van der Waals surface area contributed by atoms with E-state index < -0.39 is 40.1 Å². The lowest BCUT2D eigenvalue weighted by atomic mass is 9.89. The Morgan fingerprint density at radius 3 is 1.32 bits per heavy atom. The van der Waals surface area contributed by atoms with Gasteiger partial charge in [0, 0.05) is 16.7 Å². The van der Waals surface area contributed by atoms with Gasteiger partial charge < -0.3 is 34.5 Å². The molecule has 56 heavy (non-hydrogen) atoms. The zero-order valence-corrected chi connectivity index (χ0v) is 36.1. The van der Waals surface area contributed by atoms with Gasteiger partial charge in [-0.25, -0.2) is 4.79 Å². The number of hydrogen-bond acceptors (Lipinski definition) is 11. The fraction of sp³-hybridized carbons (Fsp3) is 0.643. The summed E-state index contributed by atoms with van der Waals surface area (Å²) in [5.74, 6) is -3.39. The maximum atomic E-state index is 11.8. The molecule has 0 radical (unpaired) electrons. The number of para-hydroxylation sites is 1. The molecule has 0 aliphatic heterocycles. The Bertz CT molecular complexity index is 1400. The van der Waals surface area contributed by atoms with E-state index in [4.69, 9.17) is 29.2 Å². The lowest BCUT2D eigenvalue weighted by Gasteiger charge is -2.21. The Balaban J connectivity index is -0.000000690. The first-order chi connectivity index (χ1) is 25.7. The monoisotopic (exact) mass is 795 g/mol. The van der Waals surface area contributed by atoms with E-state index in [1.165, 1.54) is 0 Å². The van der Waals surface area contributed by atoms with Crippen LogP contribution < -0.4 is 5.32 Å². The highest BCUT2D eigenvalue weighted by Crippen LogP contribution is 2.23. The maximum absolute atomic E-state index is 11.8. The number of carboxylic acid groups (broad SMARTS) is 2. The van der Waals surface area contributed by atoms with Crippen LogP contribution in [0.4, 0.5) is 5.69 Å². The number of carbonyl (C=O) groups excluding carboxylic acids is 5. The normalized spacial score (nSPS) is 10.9. The Hall–Kier alpha value is -4.75. The van der Waals surface area contributed by atoms with E-state index in [9.17, 15) is 33.6 Å². The molecule has 0 spiro atoms. The molecular formula is C42H69NO13. The molecule has 320 valence electrons. The number of anilines is 1. The molecule has 0 saturated heterocycles. The van der Waals surface area contributed by atoms with Crippen LogP contribution in [0.3, 0.4) is 0 Å². The molecule has 0 aliphatic carbocycles. The van der Waals surface area contributed by atoms with Crippen molar-refractivity contribution in [1.82, 2.24) is 0 Å². The van der Waals surface area contributed by atoms with Crippen LogP contribution in [-0.4, -0.2) is 78.4 Å². The molecule has 0 unspecified atom stereocenters. The number of carboxylic acids is 2. The van der Waals surface area contributed by atoms with E-state index in [-0.39, 0.29) is 62.5 Å². The van der Waals surface area contributed by atoms with Crippen LogP contribution in [0, 0.1) is 21.7 Å². The number of nitrogens with one attached hydrogen (secondary N) is 1. The van der Waals surface area contributed by atoms with Crippen LogP contribution in [0.15, 0.2) is 42.5 Å². The smallest absolute Gasteiger partial charge is 0.333 e. The van der Waals surface area contributed by atoms with Crippen molar-refractivity contribution >= 4 is 47.4 Å². The molecule has 0 aliphatic rings. The summed E-state index contributed by atoms with van der Waals surface area (Å²) in [4.78, 5) is 77.2. The molecule has 1 amide bonds. The van der Waals surface area contributed by atoms with E-state index in [0.29, 0.717) is 24.8 Å². The van der Waals surface area contributed by atoms with Gasteiger partial charge in [-0.15, -0.1) is 0 Å². The molecule has 1 aromatic carbocycles. The van der Waals surface area contributed by atoms with Gasteiger partial charge in [0.2, 0.25) is 5.91 Å². The Labute approximate surface area is 334 Å². The highest BCUT2D eigenvalue weighted by molar-refractivity contribution is 5.94. The van der Waals surface area contributed by atoms with Crippen LogP contribution in [-0.2, 0) is 52.5 Å². The molecule has 14 nitrogen and oxygen atoms in total. The minimum Gasteiger partial charge on any atom is -0.481 e. The van der Waals surface area contributed by atoms with Crippen molar-refractivity contribution in [2.24, 2.45) is 21.7 Å². The van der Waals surface area contributed by atoms with Crippen LogP contribution >= 0.6 is 0 Å². The van der Waals surface area contributed by atoms with Crippen molar-refractivity contribution in [3.8, 4) is 0 Å². The predicted molar refractivity (Wildman–Crippen MR) is 215 cm³/mol. The van der Waals surface area contributed by atoms with Crippen molar-refractivity contribution in [3.05, 3.63) is 42.5 Å². The van der Waals surface area contributed by atoms with Crippen molar-refractivity contribution in [2.45, 2.75) is 129 Å². The molecule has 0 aromatic heterocycles. The molecule has 0 saturated carbocycles. The molecule has 1 rings (SSSR count). The van der Waals surface area contributed by atoms with Crippen molar-refractivity contribution < 1.29 is 62.7 Å². The van der Waals surface area contributed by atoms with Crippen molar-refractivity contribution in [2.75, 3.05) is 31.7 Å². The molecule has 0 fully saturated rings. The van der Waals surface area contributed by atoms with E-state index in [1.54, 1.807) is 34.6 Å². The van der Waals surface area contributed by atoms with Gasteiger partial charge in [0.05, 0.1) is 29.1 Å². The second kappa shape index (κ2) is 27.8. The number of ether oxygens (including phenoxy) is 4. The maximum Gasteiger partial charge on any atom is 0.333 e. The van der Waals surface area contributed by atoms with Crippen LogP contribution in [0.5, 0.6) is 0 Å². The average Bonchev–Trinajstić information content (AvgIpc) is 3.14.